The number of carbonyl (C=O) groups is 1. The number of fused-ring (bicyclic) bond motifs is 2. The normalized spacial score (nSPS) is 21.2. The van der Waals surface area contributed by atoms with Crippen molar-refractivity contribution in [2.75, 3.05) is 56.7 Å². The van der Waals surface area contributed by atoms with Crippen molar-refractivity contribution < 1.29 is 13.9 Å². The Morgan fingerprint density at radius 2 is 1.98 bits per heavy atom. The van der Waals surface area contributed by atoms with Crippen LogP contribution in [0.3, 0.4) is 0 Å². The Morgan fingerprint density at radius 1 is 1.19 bits per heavy atom. The first-order chi connectivity index (χ1) is 20.6. The summed E-state index contributed by atoms with van der Waals surface area (Å²) < 4.78 is 20.9. The highest BCUT2D eigenvalue weighted by Gasteiger charge is 2.44. The molecule has 0 spiro atoms. The number of benzene rings is 2. The zero-order chi connectivity index (χ0) is 30.5. The average Bonchev–Trinajstić information content (AvgIpc) is 3.76. The second-order valence-corrected chi connectivity index (χ2v) is 13.1. The van der Waals surface area contributed by atoms with Crippen LogP contribution in [0.1, 0.15) is 37.9 Å². The van der Waals surface area contributed by atoms with Gasteiger partial charge in [-0.15, -0.1) is 0 Å². The summed E-state index contributed by atoms with van der Waals surface area (Å²) in [5, 5.41) is 1.74. The molecular weight excluding hydrogens is 567 g/mol. The van der Waals surface area contributed by atoms with E-state index < -0.39 is 5.82 Å². The van der Waals surface area contributed by atoms with E-state index in [0.717, 1.165) is 47.5 Å². The summed E-state index contributed by atoms with van der Waals surface area (Å²) in [7, 11) is 4.18. The number of carbonyl (C=O) groups excluding carboxylic acids is 1. The van der Waals surface area contributed by atoms with Gasteiger partial charge in [-0.2, -0.15) is 9.97 Å². The van der Waals surface area contributed by atoms with Gasteiger partial charge in [0.05, 0.1) is 23.9 Å². The van der Waals surface area contributed by atoms with Crippen molar-refractivity contribution in [3.05, 3.63) is 65.1 Å². The lowest BCUT2D eigenvalue weighted by Crippen LogP contribution is -2.58. The third kappa shape index (κ3) is 5.77. The predicted molar refractivity (Wildman–Crippen MR) is 170 cm³/mol. The van der Waals surface area contributed by atoms with Crippen LogP contribution in [0, 0.1) is 11.2 Å². The smallest absolute Gasteiger partial charge is 0.318 e. The minimum atomic E-state index is -0.428. The first-order valence-electron chi connectivity index (χ1n) is 15.1. The molecule has 43 heavy (non-hydrogen) atoms. The Morgan fingerprint density at radius 3 is 2.70 bits per heavy atom. The third-order valence-electron chi connectivity index (χ3n) is 9.11. The van der Waals surface area contributed by atoms with Crippen molar-refractivity contribution in [2.24, 2.45) is 5.41 Å². The van der Waals surface area contributed by atoms with E-state index in [1.54, 1.807) is 6.07 Å². The monoisotopic (exact) mass is 606 g/mol. The number of halogens is 2. The van der Waals surface area contributed by atoms with Crippen LogP contribution in [0.5, 0.6) is 6.01 Å². The second-order valence-electron chi connectivity index (χ2n) is 12.7. The van der Waals surface area contributed by atoms with E-state index >= 15 is 0 Å². The molecule has 2 aromatic carbocycles. The quantitative estimate of drug-likeness (QED) is 0.322. The molecule has 1 saturated carbocycles. The topological polar surface area (TPSA) is 65.0 Å². The molecule has 8 nitrogen and oxygen atoms in total. The van der Waals surface area contributed by atoms with Gasteiger partial charge in [0.15, 0.2) is 0 Å². The minimum Gasteiger partial charge on any atom is -0.463 e. The highest BCUT2D eigenvalue weighted by molar-refractivity contribution is 6.36. The van der Waals surface area contributed by atoms with Crippen LogP contribution in [0.25, 0.3) is 10.8 Å². The molecule has 2 fully saturated rings. The maximum absolute atomic E-state index is 14.6. The molecule has 1 saturated heterocycles. The zero-order valence-corrected chi connectivity index (χ0v) is 26.2. The standard InChI is InChI=1S/C33H40ClFN6O2/c1-6-28(42)40-16-22(3)41(17-21(40)2)31-24-12-15-39(27-9-7-8-23-10-11-25(35)30(34)29(23)27)18-26(24)36-32(37-31)43-20-33(13-14-33)19-38(4)5/h6-11,21-22H,1,12-20H2,2-5H3/t21-,22+/m1/s1. The number of amides is 1. The van der Waals surface area contributed by atoms with Crippen LogP contribution >= 0.6 is 11.6 Å². The number of nitrogens with zero attached hydrogens (tertiary/aromatic N) is 6. The first-order valence-corrected chi connectivity index (χ1v) is 15.5. The molecule has 1 amide bonds. The zero-order valence-electron chi connectivity index (χ0n) is 25.4. The summed E-state index contributed by atoms with van der Waals surface area (Å²) >= 11 is 6.51. The number of anilines is 2. The van der Waals surface area contributed by atoms with Crippen molar-refractivity contribution in [3.63, 3.8) is 0 Å². The van der Waals surface area contributed by atoms with Gasteiger partial charge in [-0.05, 0) is 70.8 Å². The highest BCUT2D eigenvalue weighted by Crippen LogP contribution is 2.46. The Bertz CT molecular complexity index is 1560. The maximum Gasteiger partial charge on any atom is 0.318 e. The summed E-state index contributed by atoms with van der Waals surface area (Å²) in [5.41, 5.74) is 3.02. The van der Waals surface area contributed by atoms with Gasteiger partial charge >= 0.3 is 6.01 Å². The molecule has 1 aromatic heterocycles. The molecule has 228 valence electrons. The van der Waals surface area contributed by atoms with Crippen LogP contribution in [0.4, 0.5) is 15.9 Å². The van der Waals surface area contributed by atoms with Crippen LogP contribution in [0.15, 0.2) is 43.0 Å². The van der Waals surface area contributed by atoms with Gasteiger partial charge in [-0.1, -0.05) is 36.4 Å². The predicted octanol–water partition coefficient (Wildman–Crippen LogP) is 5.32. The van der Waals surface area contributed by atoms with Gasteiger partial charge in [0, 0.05) is 60.3 Å². The van der Waals surface area contributed by atoms with E-state index in [1.807, 2.05) is 23.1 Å². The largest absolute Gasteiger partial charge is 0.463 e. The molecule has 3 aliphatic rings. The van der Waals surface area contributed by atoms with Crippen molar-refractivity contribution in [3.8, 4) is 6.01 Å². The van der Waals surface area contributed by atoms with Crippen LogP contribution in [-0.2, 0) is 17.8 Å². The van der Waals surface area contributed by atoms with E-state index in [4.69, 9.17) is 26.3 Å². The lowest BCUT2D eigenvalue weighted by molar-refractivity contribution is -0.128. The molecule has 3 aromatic rings. The fourth-order valence-corrected chi connectivity index (χ4v) is 6.98. The Balaban J connectivity index is 1.36. The Kier molecular flexibility index (Phi) is 7.98. The molecule has 3 heterocycles. The average molecular weight is 607 g/mol. The van der Waals surface area contributed by atoms with Crippen molar-refractivity contribution in [1.29, 1.82) is 0 Å². The highest BCUT2D eigenvalue weighted by atomic mass is 35.5. The lowest BCUT2D eigenvalue weighted by atomic mass is 10.0. The number of hydrogen-bond acceptors (Lipinski definition) is 7. The fourth-order valence-electron chi connectivity index (χ4n) is 6.71. The summed E-state index contributed by atoms with van der Waals surface area (Å²) in [6.07, 6.45) is 4.36. The van der Waals surface area contributed by atoms with Gasteiger partial charge in [0.2, 0.25) is 5.91 Å². The third-order valence-corrected chi connectivity index (χ3v) is 9.48. The molecule has 0 bridgehead atoms. The number of ether oxygens (including phenoxy) is 1. The molecule has 10 heteroatoms. The Hall–Kier alpha value is -3.43. The molecule has 0 N–H and O–H groups in total. The number of piperazine rings is 1. The summed E-state index contributed by atoms with van der Waals surface area (Å²) in [6, 6.07) is 9.54. The van der Waals surface area contributed by atoms with Crippen molar-refractivity contribution in [2.45, 2.75) is 51.7 Å². The van der Waals surface area contributed by atoms with Crippen molar-refractivity contribution in [1.82, 2.24) is 19.8 Å². The number of rotatable bonds is 8. The summed E-state index contributed by atoms with van der Waals surface area (Å²) in [6.45, 7) is 11.9. The molecule has 2 atom stereocenters. The summed E-state index contributed by atoms with van der Waals surface area (Å²) in [5.74, 6) is 0.400. The molecule has 0 unspecified atom stereocenters. The van der Waals surface area contributed by atoms with Gasteiger partial charge in [-0.25, -0.2) is 4.39 Å². The van der Waals surface area contributed by atoms with Crippen molar-refractivity contribution >= 4 is 39.8 Å². The van der Waals surface area contributed by atoms with Gasteiger partial charge in [0.1, 0.15) is 11.6 Å². The minimum absolute atomic E-state index is 0.000631. The van der Waals surface area contributed by atoms with E-state index in [1.165, 1.54) is 12.1 Å². The molecule has 6 rings (SSSR count). The van der Waals surface area contributed by atoms with Crippen LogP contribution < -0.4 is 14.5 Å². The second kappa shape index (κ2) is 11.6. The van der Waals surface area contributed by atoms with Gasteiger partial charge in [-0.3, -0.25) is 4.79 Å². The SMILES string of the molecule is C=CC(=O)N1C[C@H](C)N(c2nc(OCC3(CN(C)C)CC3)nc3c2CCN(c2cccc4ccc(F)c(Cl)c24)C3)C[C@H]1C. The fraction of sp³-hybridized carbons (Fsp3) is 0.485. The molecular formula is C33H40ClFN6O2. The first kappa shape index (κ1) is 29.6. The summed E-state index contributed by atoms with van der Waals surface area (Å²) in [4.78, 5) is 31.1. The van der Waals surface area contributed by atoms with Crippen LogP contribution in [0.2, 0.25) is 5.02 Å². The van der Waals surface area contributed by atoms with E-state index in [0.29, 0.717) is 50.6 Å². The van der Waals surface area contributed by atoms with Crippen LogP contribution in [-0.4, -0.2) is 84.6 Å². The maximum atomic E-state index is 14.6. The molecule has 0 radical (unpaired) electrons. The molecule has 2 aliphatic heterocycles. The Labute approximate surface area is 258 Å². The van der Waals surface area contributed by atoms with E-state index in [-0.39, 0.29) is 28.4 Å². The van der Waals surface area contributed by atoms with E-state index in [9.17, 15) is 9.18 Å². The van der Waals surface area contributed by atoms with E-state index in [2.05, 4.69) is 49.2 Å². The molecule has 1 aliphatic carbocycles. The lowest BCUT2D eigenvalue weighted by Gasteiger charge is -2.45. The number of aromatic nitrogens is 2. The van der Waals surface area contributed by atoms with Gasteiger partial charge < -0.3 is 24.3 Å². The number of hydrogen-bond donors (Lipinski definition) is 0. The van der Waals surface area contributed by atoms with Gasteiger partial charge in [0.25, 0.3) is 0 Å².